The predicted octanol–water partition coefficient (Wildman–Crippen LogP) is 1.94. The second kappa shape index (κ2) is 5.20. The first kappa shape index (κ1) is 12.6. The van der Waals surface area contributed by atoms with E-state index in [-0.39, 0.29) is 17.5 Å². The average Bonchev–Trinajstić information content (AvgIpc) is 2.69. The van der Waals surface area contributed by atoms with Gasteiger partial charge in [-0.2, -0.15) is 0 Å². The van der Waals surface area contributed by atoms with Gasteiger partial charge in [-0.05, 0) is 48.7 Å². The van der Waals surface area contributed by atoms with Crippen LogP contribution >= 0.6 is 0 Å². The third-order valence-corrected chi connectivity index (χ3v) is 3.49. The Labute approximate surface area is 101 Å². The van der Waals surface area contributed by atoms with Crippen LogP contribution in [0.3, 0.4) is 0 Å². The molecule has 1 aromatic carbocycles. The maximum absolute atomic E-state index is 13.6. The molecule has 2 atom stereocenters. The Balaban J connectivity index is 2.25. The quantitative estimate of drug-likeness (QED) is 0.780. The minimum absolute atomic E-state index is 0.138. The van der Waals surface area contributed by atoms with Crippen LogP contribution in [-0.4, -0.2) is 26.1 Å². The van der Waals surface area contributed by atoms with E-state index in [1.165, 1.54) is 0 Å². The van der Waals surface area contributed by atoms with Crippen molar-refractivity contribution in [2.24, 2.45) is 0 Å². The molecular weight excluding hydrogens is 248 g/mol. The summed E-state index contributed by atoms with van der Waals surface area (Å²) in [5, 5.41) is 0. The minimum atomic E-state index is -2.20. The molecule has 0 saturated carbocycles. The van der Waals surface area contributed by atoms with Gasteiger partial charge in [0, 0.05) is 11.6 Å². The molecule has 6 heteroatoms. The minimum Gasteiger partial charge on any atom is -0.771 e. The van der Waals surface area contributed by atoms with Crippen molar-refractivity contribution < 1.29 is 17.5 Å². The van der Waals surface area contributed by atoms with Crippen molar-refractivity contribution >= 4 is 11.1 Å². The summed E-state index contributed by atoms with van der Waals surface area (Å²) in [6.07, 6.45) is 1.44. The Morgan fingerprint density at radius 1 is 1.47 bits per heavy atom. The third-order valence-electron chi connectivity index (χ3n) is 2.95. The second-order valence-electron chi connectivity index (χ2n) is 4.07. The smallest absolute Gasteiger partial charge is 0.128 e. The number of nitrogens with zero attached hydrogens (tertiary/aromatic N) is 1. The largest absolute Gasteiger partial charge is 0.771 e. The number of hydrogen-bond donors (Lipinski definition) is 0. The zero-order chi connectivity index (χ0) is 12.4. The van der Waals surface area contributed by atoms with Crippen molar-refractivity contribution in [3.8, 4) is 0 Å². The summed E-state index contributed by atoms with van der Waals surface area (Å²) in [6, 6.07) is 2.94. The lowest BCUT2D eigenvalue weighted by Gasteiger charge is -2.25. The molecule has 1 aliphatic heterocycles. The van der Waals surface area contributed by atoms with Gasteiger partial charge in [0.15, 0.2) is 0 Å². The van der Waals surface area contributed by atoms with Crippen LogP contribution in [0, 0.1) is 11.6 Å². The monoisotopic (exact) mass is 260 g/mol. The van der Waals surface area contributed by atoms with E-state index in [1.807, 2.05) is 0 Å². The van der Waals surface area contributed by atoms with E-state index in [2.05, 4.69) is 0 Å². The molecule has 1 saturated heterocycles. The molecule has 0 N–H and O–H groups in total. The van der Waals surface area contributed by atoms with E-state index in [9.17, 15) is 17.5 Å². The van der Waals surface area contributed by atoms with Crippen LogP contribution in [0.4, 0.5) is 8.78 Å². The summed E-state index contributed by atoms with van der Waals surface area (Å²) in [4.78, 5) is 1.65. The van der Waals surface area contributed by atoms with Gasteiger partial charge in [-0.25, -0.2) is 8.78 Å². The summed E-state index contributed by atoms with van der Waals surface area (Å²) in [5.41, 5.74) is 0.243. The first-order valence-corrected chi connectivity index (χ1v) is 6.57. The van der Waals surface area contributed by atoms with E-state index in [0.29, 0.717) is 13.0 Å². The molecule has 1 fully saturated rings. The summed E-state index contributed by atoms with van der Waals surface area (Å²) in [6.45, 7) is 0.592. The molecule has 0 amide bonds. The zero-order valence-corrected chi connectivity index (χ0v) is 9.88. The lowest BCUT2D eigenvalue weighted by Crippen LogP contribution is -2.27. The second-order valence-corrected chi connectivity index (χ2v) is 4.93. The maximum Gasteiger partial charge on any atom is 0.128 e. The predicted molar refractivity (Wildman–Crippen MR) is 58.8 cm³/mol. The lowest BCUT2D eigenvalue weighted by atomic mass is 10.0. The first-order valence-electron chi connectivity index (χ1n) is 5.33. The number of halogens is 2. The van der Waals surface area contributed by atoms with E-state index >= 15 is 0 Å². The normalized spacial score (nSPS) is 22.9. The highest BCUT2D eigenvalue weighted by Crippen LogP contribution is 2.33. The highest BCUT2D eigenvalue weighted by Gasteiger charge is 2.28. The Morgan fingerprint density at radius 2 is 2.24 bits per heavy atom. The van der Waals surface area contributed by atoms with Crippen LogP contribution in [0.5, 0.6) is 0 Å². The van der Waals surface area contributed by atoms with E-state index in [4.69, 9.17) is 0 Å². The molecule has 0 bridgehead atoms. The van der Waals surface area contributed by atoms with Crippen LogP contribution in [0.1, 0.15) is 24.4 Å². The number of benzene rings is 1. The van der Waals surface area contributed by atoms with E-state index in [1.54, 1.807) is 4.90 Å². The van der Waals surface area contributed by atoms with Crippen LogP contribution in [0.2, 0.25) is 0 Å². The molecule has 2 rings (SSSR count). The molecule has 0 aliphatic carbocycles. The van der Waals surface area contributed by atoms with Crippen molar-refractivity contribution in [2.45, 2.75) is 18.9 Å². The van der Waals surface area contributed by atoms with Gasteiger partial charge in [-0.1, -0.05) is 0 Å². The number of rotatable bonds is 3. The van der Waals surface area contributed by atoms with Crippen molar-refractivity contribution in [2.75, 3.05) is 12.4 Å². The van der Waals surface area contributed by atoms with Crippen molar-refractivity contribution in [3.05, 3.63) is 35.4 Å². The fourth-order valence-electron chi connectivity index (χ4n) is 2.24. The lowest BCUT2D eigenvalue weighted by molar-refractivity contribution is 0.287. The van der Waals surface area contributed by atoms with Crippen molar-refractivity contribution in [1.82, 2.24) is 4.90 Å². The van der Waals surface area contributed by atoms with Gasteiger partial charge in [0.25, 0.3) is 0 Å². The highest BCUT2D eigenvalue weighted by molar-refractivity contribution is 7.79. The Hall–Kier alpha value is -0.850. The molecule has 17 heavy (non-hydrogen) atoms. The van der Waals surface area contributed by atoms with Gasteiger partial charge < -0.3 is 4.55 Å². The van der Waals surface area contributed by atoms with Gasteiger partial charge in [0.2, 0.25) is 0 Å². The Bertz CT molecular complexity index is 441. The van der Waals surface area contributed by atoms with Gasteiger partial charge in [-0.15, -0.1) is 0 Å². The summed E-state index contributed by atoms with van der Waals surface area (Å²) >= 11 is -2.20. The number of likely N-dealkylation sites (tertiary alicyclic amines) is 1. The van der Waals surface area contributed by atoms with Crippen LogP contribution < -0.4 is 0 Å². The molecule has 0 aromatic heterocycles. The topological polar surface area (TPSA) is 43.4 Å². The van der Waals surface area contributed by atoms with Gasteiger partial charge in [-0.3, -0.25) is 9.11 Å². The molecule has 1 heterocycles. The third kappa shape index (κ3) is 2.88. The van der Waals surface area contributed by atoms with Gasteiger partial charge >= 0.3 is 0 Å². The van der Waals surface area contributed by atoms with Gasteiger partial charge in [0.1, 0.15) is 11.6 Å². The summed E-state index contributed by atoms with van der Waals surface area (Å²) in [7, 11) is 0. The van der Waals surface area contributed by atoms with Gasteiger partial charge in [0.05, 0.1) is 5.88 Å². The average molecular weight is 260 g/mol. The molecule has 0 spiro atoms. The first-order chi connectivity index (χ1) is 8.08. The maximum atomic E-state index is 13.6. The fourth-order valence-corrected chi connectivity index (χ4v) is 2.82. The molecule has 1 unspecified atom stereocenters. The van der Waals surface area contributed by atoms with Crippen molar-refractivity contribution in [1.29, 1.82) is 0 Å². The standard InChI is InChI=1S/C11H13F2NO2S/c12-8-3-4-10(13)9(6-8)11-2-1-5-14(11)7-17(15)16/h3-4,6,11H,1-2,5,7H2,(H,15,16)/p-1/t11-/m1/s1. The molecular formula is C11H12F2NO2S-. The summed E-state index contributed by atoms with van der Waals surface area (Å²) in [5.74, 6) is -1.13. The number of hydrogen-bond acceptors (Lipinski definition) is 3. The Kier molecular flexibility index (Phi) is 3.86. The van der Waals surface area contributed by atoms with Crippen LogP contribution in [0.15, 0.2) is 18.2 Å². The molecule has 1 aliphatic rings. The van der Waals surface area contributed by atoms with Crippen molar-refractivity contribution in [3.63, 3.8) is 0 Å². The molecule has 1 aromatic rings. The highest BCUT2D eigenvalue weighted by atomic mass is 32.2. The van der Waals surface area contributed by atoms with E-state index < -0.39 is 22.7 Å². The molecule has 0 radical (unpaired) electrons. The fraction of sp³-hybridized carbons (Fsp3) is 0.455. The summed E-state index contributed by atoms with van der Waals surface area (Å²) < 4.78 is 48.0. The molecule has 94 valence electrons. The zero-order valence-electron chi connectivity index (χ0n) is 9.07. The molecule has 3 nitrogen and oxygen atoms in total. The van der Waals surface area contributed by atoms with Crippen LogP contribution in [0.25, 0.3) is 0 Å². The SMILES string of the molecule is O=S([O-])CN1CCC[C@@H]1c1cc(F)ccc1F. The van der Waals surface area contributed by atoms with E-state index in [0.717, 1.165) is 24.6 Å². The van der Waals surface area contributed by atoms with Crippen LogP contribution in [-0.2, 0) is 11.1 Å². The Morgan fingerprint density at radius 3 is 2.94 bits per heavy atom.